The van der Waals surface area contributed by atoms with Gasteiger partial charge in [0.25, 0.3) is 0 Å². The number of aromatic nitrogens is 2. The van der Waals surface area contributed by atoms with E-state index >= 15 is 0 Å². The standard InChI is InChI=1S/C15H14N2/c1-11-7-9-13(10-8-11)17-15-6-4-3-5-14(15)12(2)16-17/h3-10H,1-2H3. The molecule has 0 N–H and O–H groups in total. The van der Waals surface area contributed by atoms with Crippen molar-refractivity contribution in [3.63, 3.8) is 0 Å². The van der Waals surface area contributed by atoms with Crippen molar-refractivity contribution >= 4 is 10.9 Å². The van der Waals surface area contributed by atoms with Crippen LogP contribution in [0.25, 0.3) is 16.6 Å². The van der Waals surface area contributed by atoms with Crippen molar-refractivity contribution < 1.29 is 0 Å². The lowest BCUT2D eigenvalue weighted by molar-refractivity contribution is 0.888. The summed E-state index contributed by atoms with van der Waals surface area (Å²) in [5.41, 5.74) is 4.61. The Balaban J connectivity index is 2.27. The van der Waals surface area contributed by atoms with E-state index in [1.807, 2.05) is 17.7 Å². The smallest absolute Gasteiger partial charge is 0.0743 e. The molecule has 0 spiro atoms. The lowest BCUT2D eigenvalue weighted by Gasteiger charge is -2.03. The van der Waals surface area contributed by atoms with Crippen LogP contribution in [0.5, 0.6) is 0 Å². The fourth-order valence-electron chi connectivity index (χ4n) is 2.10. The van der Waals surface area contributed by atoms with Crippen molar-refractivity contribution in [2.75, 3.05) is 0 Å². The van der Waals surface area contributed by atoms with Gasteiger partial charge in [0.15, 0.2) is 0 Å². The largest absolute Gasteiger partial charge is 0.233 e. The van der Waals surface area contributed by atoms with E-state index in [2.05, 4.69) is 54.5 Å². The average Bonchev–Trinajstić information content (AvgIpc) is 2.69. The van der Waals surface area contributed by atoms with Gasteiger partial charge in [0.1, 0.15) is 0 Å². The van der Waals surface area contributed by atoms with E-state index in [1.54, 1.807) is 0 Å². The van der Waals surface area contributed by atoms with Crippen molar-refractivity contribution in [3.05, 3.63) is 59.8 Å². The van der Waals surface area contributed by atoms with Gasteiger partial charge in [0.05, 0.1) is 16.9 Å². The highest BCUT2D eigenvalue weighted by atomic mass is 15.3. The van der Waals surface area contributed by atoms with Crippen LogP contribution in [0.4, 0.5) is 0 Å². The van der Waals surface area contributed by atoms with Gasteiger partial charge in [0, 0.05) is 5.39 Å². The molecule has 1 aromatic heterocycles. The van der Waals surface area contributed by atoms with Crippen molar-refractivity contribution in [3.8, 4) is 5.69 Å². The summed E-state index contributed by atoms with van der Waals surface area (Å²) in [4.78, 5) is 0. The number of benzene rings is 2. The maximum absolute atomic E-state index is 4.61. The molecule has 84 valence electrons. The van der Waals surface area contributed by atoms with E-state index in [1.165, 1.54) is 10.9 Å². The molecule has 0 aliphatic heterocycles. The first kappa shape index (κ1) is 10.1. The molecule has 0 bridgehead atoms. The van der Waals surface area contributed by atoms with Gasteiger partial charge in [0.2, 0.25) is 0 Å². The lowest BCUT2D eigenvalue weighted by atomic mass is 10.2. The molecule has 0 aliphatic rings. The Hall–Kier alpha value is -2.09. The van der Waals surface area contributed by atoms with E-state index in [-0.39, 0.29) is 0 Å². The zero-order chi connectivity index (χ0) is 11.8. The molecule has 0 aliphatic carbocycles. The molecule has 2 aromatic carbocycles. The zero-order valence-corrected chi connectivity index (χ0v) is 10.0. The molecular formula is C15H14N2. The van der Waals surface area contributed by atoms with Gasteiger partial charge in [-0.3, -0.25) is 0 Å². The Labute approximate surface area is 101 Å². The van der Waals surface area contributed by atoms with E-state index in [4.69, 9.17) is 0 Å². The molecule has 0 radical (unpaired) electrons. The third kappa shape index (κ3) is 1.62. The van der Waals surface area contributed by atoms with Crippen LogP contribution in [0.2, 0.25) is 0 Å². The van der Waals surface area contributed by atoms with E-state index < -0.39 is 0 Å². The first-order chi connectivity index (χ1) is 8.25. The molecule has 0 saturated carbocycles. The minimum absolute atomic E-state index is 1.07. The molecule has 0 fully saturated rings. The number of para-hydroxylation sites is 1. The maximum Gasteiger partial charge on any atom is 0.0743 e. The second-order valence-corrected chi connectivity index (χ2v) is 4.35. The maximum atomic E-state index is 4.61. The number of fused-ring (bicyclic) bond motifs is 1. The highest BCUT2D eigenvalue weighted by Gasteiger charge is 2.07. The Morgan fingerprint density at radius 2 is 1.59 bits per heavy atom. The van der Waals surface area contributed by atoms with Crippen LogP contribution in [-0.2, 0) is 0 Å². The molecular weight excluding hydrogens is 208 g/mol. The average molecular weight is 222 g/mol. The molecule has 3 rings (SSSR count). The van der Waals surface area contributed by atoms with Crippen molar-refractivity contribution in [1.82, 2.24) is 9.78 Å². The van der Waals surface area contributed by atoms with Gasteiger partial charge < -0.3 is 0 Å². The Kier molecular flexibility index (Phi) is 2.22. The third-order valence-electron chi connectivity index (χ3n) is 3.05. The minimum atomic E-state index is 1.07. The second-order valence-electron chi connectivity index (χ2n) is 4.35. The van der Waals surface area contributed by atoms with Crippen LogP contribution < -0.4 is 0 Å². The van der Waals surface area contributed by atoms with Crippen LogP contribution in [0.1, 0.15) is 11.3 Å². The fraction of sp³-hybridized carbons (Fsp3) is 0.133. The molecule has 17 heavy (non-hydrogen) atoms. The van der Waals surface area contributed by atoms with E-state index in [9.17, 15) is 0 Å². The Morgan fingerprint density at radius 1 is 0.882 bits per heavy atom. The molecule has 2 nitrogen and oxygen atoms in total. The highest BCUT2D eigenvalue weighted by Crippen LogP contribution is 2.21. The molecule has 0 saturated heterocycles. The lowest BCUT2D eigenvalue weighted by Crippen LogP contribution is -1.96. The van der Waals surface area contributed by atoms with Crippen LogP contribution >= 0.6 is 0 Å². The topological polar surface area (TPSA) is 17.8 Å². The summed E-state index contributed by atoms with van der Waals surface area (Å²) in [5.74, 6) is 0. The summed E-state index contributed by atoms with van der Waals surface area (Å²) in [7, 11) is 0. The highest BCUT2D eigenvalue weighted by molar-refractivity contribution is 5.83. The number of rotatable bonds is 1. The summed E-state index contributed by atoms with van der Waals surface area (Å²) in [6.45, 7) is 4.14. The van der Waals surface area contributed by atoms with Crippen LogP contribution in [0.3, 0.4) is 0 Å². The fourth-order valence-corrected chi connectivity index (χ4v) is 2.10. The first-order valence-electron chi connectivity index (χ1n) is 5.77. The summed E-state index contributed by atoms with van der Waals surface area (Å²) in [6, 6.07) is 16.8. The summed E-state index contributed by atoms with van der Waals surface area (Å²) in [5, 5.41) is 5.82. The minimum Gasteiger partial charge on any atom is -0.233 e. The number of hydrogen-bond acceptors (Lipinski definition) is 1. The molecule has 2 heteroatoms. The number of hydrogen-bond donors (Lipinski definition) is 0. The summed E-state index contributed by atoms with van der Waals surface area (Å²) in [6.07, 6.45) is 0. The van der Waals surface area contributed by atoms with Gasteiger partial charge in [-0.25, -0.2) is 4.68 Å². The normalized spacial score (nSPS) is 10.9. The monoisotopic (exact) mass is 222 g/mol. The van der Waals surface area contributed by atoms with Gasteiger partial charge >= 0.3 is 0 Å². The number of aryl methyl sites for hydroxylation is 2. The van der Waals surface area contributed by atoms with Crippen molar-refractivity contribution in [2.24, 2.45) is 0 Å². The van der Waals surface area contributed by atoms with Gasteiger partial charge in [-0.05, 0) is 32.0 Å². The first-order valence-corrected chi connectivity index (χ1v) is 5.77. The summed E-state index contributed by atoms with van der Waals surface area (Å²) < 4.78 is 2.00. The zero-order valence-electron chi connectivity index (χ0n) is 10.0. The molecule has 0 amide bonds. The third-order valence-corrected chi connectivity index (χ3v) is 3.05. The predicted molar refractivity (Wildman–Crippen MR) is 70.5 cm³/mol. The molecule has 1 heterocycles. The quantitative estimate of drug-likeness (QED) is 0.614. The van der Waals surface area contributed by atoms with Crippen LogP contribution in [0, 0.1) is 13.8 Å². The van der Waals surface area contributed by atoms with Gasteiger partial charge in [-0.2, -0.15) is 5.10 Å². The van der Waals surface area contributed by atoms with Gasteiger partial charge in [-0.15, -0.1) is 0 Å². The Bertz CT molecular complexity index is 663. The Morgan fingerprint density at radius 3 is 2.35 bits per heavy atom. The van der Waals surface area contributed by atoms with Crippen molar-refractivity contribution in [2.45, 2.75) is 13.8 Å². The van der Waals surface area contributed by atoms with Crippen LogP contribution in [0.15, 0.2) is 48.5 Å². The number of nitrogens with zero attached hydrogens (tertiary/aromatic N) is 2. The van der Waals surface area contributed by atoms with Gasteiger partial charge in [-0.1, -0.05) is 35.9 Å². The van der Waals surface area contributed by atoms with E-state index in [0.717, 1.165) is 16.9 Å². The van der Waals surface area contributed by atoms with E-state index in [0.29, 0.717) is 0 Å². The summed E-state index contributed by atoms with van der Waals surface area (Å²) >= 11 is 0. The molecule has 3 aromatic rings. The molecule has 0 atom stereocenters. The van der Waals surface area contributed by atoms with Crippen molar-refractivity contribution in [1.29, 1.82) is 0 Å². The molecule has 0 unspecified atom stereocenters. The SMILES string of the molecule is Cc1ccc(-n2nc(C)c3ccccc32)cc1. The van der Waals surface area contributed by atoms with Crippen LogP contribution in [-0.4, -0.2) is 9.78 Å². The predicted octanol–water partition coefficient (Wildman–Crippen LogP) is 3.64. The second kappa shape index (κ2) is 3.74.